The molecule has 8 aromatic rings. The second-order valence-electron chi connectivity index (χ2n) is 20.6. The third kappa shape index (κ3) is 7.64. The number of fused-ring (bicyclic) bond motifs is 2. The van der Waals surface area contributed by atoms with E-state index in [4.69, 9.17) is 15.0 Å². The molecule has 0 bridgehead atoms. The highest BCUT2D eigenvalue weighted by molar-refractivity contribution is 6.00. The number of imidazole rings is 1. The summed E-state index contributed by atoms with van der Waals surface area (Å²) >= 11 is 0. The lowest BCUT2D eigenvalue weighted by molar-refractivity contribution is 0.475. The minimum absolute atomic E-state index is 0.0113. The number of aromatic hydroxyl groups is 1. The van der Waals surface area contributed by atoms with E-state index in [1.165, 1.54) is 16.7 Å². The average Bonchev–Trinajstić information content (AvgIpc) is 3.59. The Bertz CT molecular complexity index is 2950. The van der Waals surface area contributed by atoms with Gasteiger partial charge in [0.2, 0.25) is 0 Å². The molecule has 0 saturated carbocycles. The number of benzene rings is 6. The van der Waals surface area contributed by atoms with Crippen molar-refractivity contribution in [2.75, 3.05) is 0 Å². The first-order valence-electron chi connectivity index (χ1n) is 21.6. The van der Waals surface area contributed by atoms with Crippen LogP contribution in [0.2, 0.25) is 0 Å². The molecule has 8 rings (SSSR count). The first-order chi connectivity index (χ1) is 28.6. The van der Waals surface area contributed by atoms with Crippen LogP contribution in [0.5, 0.6) is 5.75 Å². The number of aryl methyl sites for hydroxylation is 2. The highest BCUT2D eigenvalue weighted by atomic mass is 16.3. The number of aromatic nitrogens is 4. The van der Waals surface area contributed by atoms with Crippen molar-refractivity contribution in [3.63, 3.8) is 0 Å². The zero-order valence-electron chi connectivity index (χ0n) is 38.3. The molecular weight excluding hydrogens is 745 g/mol. The van der Waals surface area contributed by atoms with Crippen LogP contribution in [0.25, 0.3) is 61.4 Å². The van der Waals surface area contributed by atoms with E-state index in [0.717, 1.165) is 72.3 Å². The maximum atomic E-state index is 11.7. The van der Waals surface area contributed by atoms with Crippen molar-refractivity contribution in [2.24, 2.45) is 0 Å². The predicted octanol–water partition coefficient (Wildman–Crippen LogP) is 14.5. The van der Waals surface area contributed by atoms with E-state index in [-0.39, 0.29) is 27.4 Å². The summed E-state index contributed by atoms with van der Waals surface area (Å²) < 4.78 is 2.26. The molecule has 5 heteroatoms. The smallest absolute Gasteiger partial charge is 0.149 e. The van der Waals surface area contributed by atoms with Crippen molar-refractivity contribution in [3.8, 4) is 45.1 Å². The van der Waals surface area contributed by atoms with Crippen molar-refractivity contribution in [3.05, 3.63) is 161 Å². The summed E-state index contributed by atoms with van der Waals surface area (Å²) in [5.74, 6) is 0.891. The van der Waals surface area contributed by atoms with Crippen LogP contribution in [0.4, 0.5) is 0 Å². The molecule has 5 nitrogen and oxygen atoms in total. The largest absolute Gasteiger partial charge is 0.507 e. The summed E-state index contributed by atoms with van der Waals surface area (Å²) in [6.07, 6.45) is 3.59. The van der Waals surface area contributed by atoms with Crippen LogP contribution in [0, 0.1) is 13.8 Å². The quantitative estimate of drug-likeness (QED) is 0.182. The SMILES string of the molecule is Cc1cc(-c2cc(C(C)(C)C)c(C)c3nccnc23)cc(-c2cc(C(C)(C)c3ccccc3)cc3c2nc(-c2cc(C(C)(C)C)ccc2O)n3-c2ccc(C(C)(C)C)cc2)c1. The number of rotatable bonds is 6. The lowest BCUT2D eigenvalue weighted by atomic mass is 9.77. The Labute approximate surface area is 362 Å². The Morgan fingerprint density at radius 3 is 1.67 bits per heavy atom. The molecule has 310 valence electrons. The van der Waals surface area contributed by atoms with Gasteiger partial charge in [-0.05, 0) is 129 Å². The van der Waals surface area contributed by atoms with Gasteiger partial charge in [-0.1, -0.05) is 137 Å². The minimum Gasteiger partial charge on any atom is -0.507 e. The van der Waals surface area contributed by atoms with Gasteiger partial charge in [0.05, 0.1) is 27.6 Å². The molecule has 0 aliphatic carbocycles. The maximum absolute atomic E-state index is 11.7. The maximum Gasteiger partial charge on any atom is 0.149 e. The van der Waals surface area contributed by atoms with Gasteiger partial charge < -0.3 is 5.11 Å². The lowest BCUT2D eigenvalue weighted by Crippen LogP contribution is -2.19. The Hall–Kier alpha value is -6.07. The van der Waals surface area contributed by atoms with Crippen LogP contribution in [0.1, 0.15) is 115 Å². The molecule has 0 radical (unpaired) electrons. The zero-order chi connectivity index (χ0) is 43.8. The number of hydrogen-bond donors (Lipinski definition) is 1. The van der Waals surface area contributed by atoms with E-state index in [9.17, 15) is 5.11 Å². The first kappa shape index (κ1) is 41.7. The number of phenolic OH excluding ortho intramolecular Hbond substituents is 1. The Kier molecular flexibility index (Phi) is 10.1. The van der Waals surface area contributed by atoms with Gasteiger partial charge in [-0.25, -0.2) is 4.98 Å². The fourth-order valence-corrected chi connectivity index (χ4v) is 8.86. The second kappa shape index (κ2) is 14.8. The molecule has 2 aromatic heterocycles. The molecule has 0 atom stereocenters. The molecule has 1 N–H and O–H groups in total. The molecule has 0 unspecified atom stereocenters. The predicted molar refractivity (Wildman–Crippen MR) is 256 cm³/mol. The molecule has 0 saturated heterocycles. The standard InChI is InChI=1S/C56H60N4O/c1-34-27-36(29-37(28-34)44-33-46(55(9,10)11)35(2)49-51(44)58-26-25-57-49)43-31-41(56(12,13)39-17-15-14-16-18-39)32-47-50(43)59-52(45-30-40(54(6,7)8)21-24-48(45)61)60(47)42-22-19-38(20-23-42)53(3,4)5/h14-33,61H,1-13H3. The molecule has 0 spiro atoms. The van der Waals surface area contributed by atoms with Gasteiger partial charge in [-0.2, -0.15) is 0 Å². The van der Waals surface area contributed by atoms with Crippen LogP contribution in [0.3, 0.4) is 0 Å². The van der Waals surface area contributed by atoms with Crippen molar-refractivity contribution in [1.82, 2.24) is 19.5 Å². The zero-order valence-corrected chi connectivity index (χ0v) is 38.3. The fraction of sp³-hybridized carbons (Fsp3) is 0.304. The highest BCUT2D eigenvalue weighted by Crippen LogP contribution is 2.45. The monoisotopic (exact) mass is 804 g/mol. The summed E-state index contributed by atoms with van der Waals surface area (Å²) in [4.78, 5) is 15.4. The van der Waals surface area contributed by atoms with Gasteiger partial charge in [-0.15, -0.1) is 0 Å². The van der Waals surface area contributed by atoms with E-state index >= 15 is 0 Å². The molecule has 2 heterocycles. The van der Waals surface area contributed by atoms with Crippen LogP contribution in [0.15, 0.2) is 122 Å². The second-order valence-corrected chi connectivity index (χ2v) is 20.6. The molecule has 0 amide bonds. The van der Waals surface area contributed by atoms with Gasteiger partial charge in [0.15, 0.2) is 0 Å². The first-order valence-corrected chi connectivity index (χ1v) is 21.6. The minimum atomic E-state index is -0.360. The van der Waals surface area contributed by atoms with Gasteiger partial charge in [0.1, 0.15) is 11.6 Å². The lowest BCUT2D eigenvalue weighted by Gasteiger charge is -2.27. The fourth-order valence-electron chi connectivity index (χ4n) is 8.86. The molecule has 0 fully saturated rings. The van der Waals surface area contributed by atoms with Crippen LogP contribution >= 0.6 is 0 Å². The summed E-state index contributed by atoms with van der Waals surface area (Å²) in [7, 11) is 0. The van der Waals surface area contributed by atoms with E-state index in [0.29, 0.717) is 11.4 Å². The third-order valence-corrected chi connectivity index (χ3v) is 12.6. The van der Waals surface area contributed by atoms with Gasteiger partial charge in [0, 0.05) is 34.6 Å². The molecule has 0 aliphatic heterocycles. The van der Waals surface area contributed by atoms with E-state index in [1.54, 1.807) is 12.4 Å². The van der Waals surface area contributed by atoms with Gasteiger partial charge >= 0.3 is 0 Å². The summed E-state index contributed by atoms with van der Waals surface area (Å²) in [5, 5.41) is 11.7. The van der Waals surface area contributed by atoms with E-state index < -0.39 is 0 Å². The number of hydrogen-bond acceptors (Lipinski definition) is 4. The number of nitrogens with zero attached hydrogens (tertiary/aromatic N) is 4. The van der Waals surface area contributed by atoms with Crippen molar-refractivity contribution in [2.45, 2.75) is 112 Å². The van der Waals surface area contributed by atoms with E-state index in [1.807, 2.05) is 12.1 Å². The van der Waals surface area contributed by atoms with Crippen LogP contribution in [-0.4, -0.2) is 24.6 Å². The summed E-state index contributed by atoms with van der Waals surface area (Å²) in [6.45, 7) is 29.1. The molecule has 0 aliphatic rings. The van der Waals surface area contributed by atoms with Crippen LogP contribution in [-0.2, 0) is 21.7 Å². The topological polar surface area (TPSA) is 63.8 Å². The van der Waals surface area contributed by atoms with Crippen LogP contribution < -0.4 is 0 Å². The van der Waals surface area contributed by atoms with Gasteiger partial charge in [0.25, 0.3) is 0 Å². The average molecular weight is 805 g/mol. The Morgan fingerprint density at radius 2 is 1.07 bits per heavy atom. The molecule has 6 aromatic carbocycles. The third-order valence-electron chi connectivity index (χ3n) is 12.6. The Balaban J connectivity index is 1.49. The molecule has 61 heavy (non-hydrogen) atoms. The van der Waals surface area contributed by atoms with Gasteiger partial charge in [-0.3, -0.25) is 14.5 Å². The van der Waals surface area contributed by atoms with Crippen molar-refractivity contribution < 1.29 is 5.11 Å². The molecular formula is C56H60N4O. The normalized spacial score (nSPS) is 12.7. The van der Waals surface area contributed by atoms with Crippen molar-refractivity contribution >= 4 is 22.1 Å². The summed E-state index contributed by atoms with van der Waals surface area (Å²) in [5.41, 5.74) is 17.3. The number of phenols is 1. The highest BCUT2D eigenvalue weighted by Gasteiger charge is 2.29. The summed E-state index contributed by atoms with van der Waals surface area (Å²) in [6, 6.07) is 39.4. The Morgan fingerprint density at radius 1 is 0.492 bits per heavy atom. The van der Waals surface area contributed by atoms with Crippen molar-refractivity contribution in [1.29, 1.82) is 0 Å². The van der Waals surface area contributed by atoms with E-state index in [2.05, 4.69) is 192 Å².